The second-order valence-corrected chi connectivity index (χ2v) is 10.7. The van der Waals surface area contributed by atoms with Crippen LogP contribution in [0.1, 0.15) is 86.5 Å². The van der Waals surface area contributed by atoms with E-state index < -0.39 is 0 Å². The molecule has 0 bridgehead atoms. The summed E-state index contributed by atoms with van der Waals surface area (Å²) in [5, 5.41) is 9.95. The summed E-state index contributed by atoms with van der Waals surface area (Å²) < 4.78 is 15.2. The number of nitrogens with one attached hydrogen (secondary N) is 4. The lowest BCUT2D eigenvalue weighted by atomic mass is 9.68. The quantitative estimate of drug-likeness (QED) is 0.465. The summed E-state index contributed by atoms with van der Waals surface area (Å²) >= 11 is 0. The van der Waals surface area contributed by atoms with Gasteiger partial charge in [-0.15, -0.1) is 0 Å². The van der Waals surface area contributed by atoms with Crippen molar-refractivity contribution in [2.24, 2.45) is 5.92 Å². The molecule has 5 rings (SSSR count). The number of rotatable bonds is 4. The third-order valence-corrected chi connectivity index (χ3v) is 8.51. The van der Waals surface area contributed by atoms with Crippen molar-refractivity contribution in [1.82, 2.24) is 21.5 Å². The van der Waals surface area contributed by atoms with Crippen LogP contribution in [0.5, 0.6) is 0 Å². The van der Waals surface area contributed by atoms with Gasteiger partial charge in [0.1, 0.15) is 5.82 Å². The van der Waals surface area contributed by atoms with E-state index in [1.165, 1.54) is 66.0 Å². The van der Waals surface area contributed by atoms with Crippen molar-refractivity contribution in [1.29, 1.82) is 0 Å². The minimum Gasteiger partial charge on any atom is -0.304 e. The lowest BCUT2D eigenvalue weighted by Gasteiger charge is -2.40. The standard InChI is InChI=1S/C30H43FN4/c1-2-3-8-21-11-12-24-26(30(21)29-15-18-35-34-17-7-6-16-32-20-33-29)14-13-23-22-9-4-5-10-25(22)28(31)19-27(23)24/h5,10,13-14,19,21,29-30,32-35H,2-4,6-9,11-12,15-18,20H2,1H3. The van der Waals surface area contributed by atoms with Crippen molar-refractivity contribution < 1.29 is 4.39 Å². The van der Waals surface area contributed by atoms with Crippen molar-refractivity contribution in [2.75, 3.05) is 26.3 Å². The van der Waals surface area contributed by atoms with Gasteiger partial charge in [0.2, 0.25) is 0 Å². The minimum absolute atomic E-state index is 0.0508. The normalized spacial score (nSPS) is 25.9. The summed E-state index contributed by atoms with van der Waals surface area (Å²) in [5.74, 6) is 1.08. The number of unbranched alkanes of at least 4 members (excludes halogenated alkanes) is 1. The molecule has 1 fully saturated rings. The van der Waals surface area contributed by atoms with Crippen molar-refractivity contribution in [3.8, 4) is 0 Å². The molecule has 0 amide bonds. The van der Waals surface area contributed by atoms with Crippen molar-refractivity contribution in [3.63, 3.8) is 0 Å². The van der Waals surface area contributed by atoms with E-state index in [1.54, 1.807) is 0 Å². The zero-order valence-electron chi connectivity index (χ0n) is 21.4. The molecule has 2 aromatic rings. The Morgan fingerprint density at radius 1 is 0.971 bits per heavy atom. The Labute approximate surface area is 210 Å². The Morgan fingerprint density at radius 3 is 2.77 bits per heavy atom. The molecule has 35 heavy (non-hydrogen) atoms. The van der Waals surface area contributed by atoms with Crippen LogP contribution in [0, 0.1) is 11.7 Å². The van der Waals surface area contributed by atoms with Gasteiger partial charge in [-0.2, -0.15) is 0 Å². The van der Waals surface area contributed by atoms with E-state index in [-0.39, 0.29) is 5.82 Å². The summed E-state index contributed by atoms with van der Waals surface area (Å²) in [6, 6.07) is 6.95. The predicted octanol–water partition coefficient (Wildman–Crippen LogP) is 5.56. The van der Waals surface area contributed by atoms with Gasteiger partial charge in [0.15, 0.2) is 0 Å². The van der Waals surface area contributed by atoms with E-state index in [2.05, 4.69) is 46.6 Å². The van der Waals surface area contributed by atoms with Gasteiger partial charge in [-0.1, -0.05) is 44.1 Å². The molecular formula is C30H43FN4. The first kappa shape index (κ1) is 24.9. The van der Waals surface area contributed by atoms with Gasteiger partial charge in [0.05, 0.1) is 0 Å². The van der Waals surface area contributed by atoms with E-state index in [1.807, 2.05) is 12.1 Å². The molecule has 0 saturated carbocycles. The number of hydrogen-bond donors (Lipinski definition) is 4. The molecule has 5 heteroatoms. The molecule has 3 unspecified atom stereocenters. The largest absolute Gasteiger partial charge is 0.304 e. The summed E-state index contributed by atoms with van der Waals surface area (Å²) in [7, 11) is 0. The molecule has 4 nitrogen and oxygen atoms in total. The van der Waals surface area contributed by atoms with Gasteiger partial charge >= 0.3 is 0 Å². The van der Waals surface area contributed by atoms with Crippen LogP contribution < -0.4 is 21.5 Å². The maximum atomic E-state index is 15.2. The molecule has 0 spiro atoms. The van der Waals surface area contributed by atoms with Crippen LogP contribution in [-0.4, -0.2) is 32.3 Å². The molecule has 2 aliphatic carbocycles. The molecule has 1 aliphatic heterocycles. The Hall–Kier alpha value is -1.79. The Bertz CT molecular complexity index is 1020. The van der Waals surface area contributed by atoms with E-state index in [9.17, 15) is 0 Å². The van der Waals surface area contributed by atoms with Gasteiger partial charge in [-0.05, 0) is 97.4 Å². The maximum Gasteiger partial charge on any atom is 0.131 e. The van der Waals surface area contributed by atoms with E-state index >= 15 is 4.39 Å². The van der Waals surface area contributed by atoms with Crippen LogP contribution >= 0.6 is 0 Å². The SMILES string of the molecule is CCCCC1CCc2c(ccc3c4c(c(F)cc23)C=CCC4)C1C1CCNNCCCCNCN1. The highest BCUT2D eigenvalue weighted by Crippen LogP contribution is 2.45. The molecule has 1 saturated heterocycles. The van der Waals surface area contributed by atoms with Crippen LogP contribution in [0.15, 0.2) is 24.3 Å². The fraction of sp³-hybridized carbons (Fsp3) is 0.600. The first-order valence-corrected chi connectivity index (χ1v) is 14.1. The second-order valence-electron chi connectivity index (χ2n) is 10.7. The number of allylic oxidation sites excluding steroid dienone is 1. The molecule has 0 aromatic heterocycles. The molecular weight excluding hydrogens is 435 g/mol. The summed E-state index contributed by atoms with van der Waals surface area (Å²) in [6.45, 7) is 6.17. The zero-order chi connectivity index (χ0) is 24.0. The maximum absolute atomic E-state index is 15.2. The van der Waals surface area contributed by atoms with Crippen LogP contribution in [0.2, 0.25) is 0 Å². The van der Waals surface area contributed by atoms with Crippen LogP contribution in [0.25, 0.3) is 16.8 Å². The van der Waals surface area contributed by atoms with Crippen molar-refractivity contribution >= 4 is 16.8 Å². The second kappa shape index (κ2) is 12.0. The van der Waals surface area contributed by atoms with Crippen molar-refractivity contribution in [3.05, 3.63) is 52.3 Å². The highest BCUT2D eigenvalue weighted by atomic mass is 19.1. The van der Waals surface area contributed by atoms with Gasteiger partial charge < -0.3 is 10.6 Å². The van der Waals surface area contributed by atoms with Crippen LogP contribution in [0.3, 0.4) is 0 Å². The highest BCUT2D eigenvalue weighted by molar-refractivity contribution is 5.93. The van der Waals surface area contributed by atoms with Gasteiger partial charge in [0, 0.05) is 37.3 Å². The number of hydrazine groups is 1. The third-order valence-electron chi connectivity index (χ3n) is 8.51. The monoisotopic (exact) mass is 478 g/mol. The molecule has 3 aliphatic rings. The zero-order valence-corrected chi connectivity index (χ0v) is 21.4. The van der Waals surface area contributed by atoms with E-state index in [0.717, 1.165) is 57.5 Å². The van der Waals surface area contributed by atoms with Gasteiger partial charge in [-0.25, -0.2) is 4.39 Å². The smallest absolute Gasteiger partial charge is 0.131 e. The topological polar surface area (TPSA) is 48.1 Å². The first-order chi connectivity index (χ1) is 17.3. The van der Waals surface area contributed by atoms with Gasteiger partial charge in [0.25, 0.3) is 0 Å². The first-order valence-electron chi connectivity index (χ1n) is 14.1. The molecule has 0 radical (unpaired) electrons. The Morgan fingerprint density at radius 2 is 1.86 bits per heavy atom. The Balaban J connectivity index is 1.53. The fourth-order valence-electron chi connectivity index (χ4n) is 6.74. The fourth-order valence-corrected chi connectivity index (χ4v) is 6.74. The van der Waals surface area contributed by atoms with E-state index in [4.69, 9.17) is 0 Å². The lowest BCUT2D eigenvalue weighted by molar-refractivity contribution is 0.257. The average Bonchev–Trinajstić information content (AvgIpc) is 2.88. The number of halogens is 1. The number of hydrogen-bond acceptors (Lipinski definition) is 4. The predicted molar refractivity (Wildman–Crippen MR) is 145 cm³/mol. The Kier molecular flexibility index (Phi) is 8.51. The average molecular weight is 479 g/mol. The summed E-state index contributed by atoms with van der Waals surface area (Å²) in [6.07, 6.45) is 15.5. The third kappa shape index (κ3) is 5.48. The number of aryl methyl sites for hydroxylation is 2. The van der Waals surface area contributed by atoms with Crippen LogP contribution in [0.4, 0.5) is 4.39 Å². The minimum atomic E-state index is -0.0508. The lowest BCUT2D eigenvalue weighted by Crippen LogP contribution is -2.47. The van der Waals surface area contributed by atoms with Crippen molar-refractivity contribution in [2.45, 2.75) is 83.1 Å². The molecule has 190 valence electrons. The molecule has 4 N–H and O–H groups in total. The van der Waals surface area contributed by atoms with Crippen LogP contribution in [-0.2, 0) is 12.8 Å². The molecule has 3 atom stereocenters. The summed E-state index contributed by atoms with van der Waals surface area (Å²) in [5.41, 5.74) is 11.7. The molecule has 2 aromatic carbocycles. The molecule has 1 heterocycles. The number of benzene rings is 2. The van der Waals surface area contributed by atoms with Gasteiger partial charge in [-0.3, -0.25) is 10.9 Å². The number of fused-ring (bicyclic) bond motifs is 5. The summed E-state index contributed by atoms with van der Waals surface area (Å²) in [4.78, 5) is 0. The van der Waals surface area contributed by atoms with E-state index in [0.29, 0.717) is 17.9 Å². The highest BCUT2D eigenvalue weighted by Gasteiger charge is 2.36.